The quantitative estimate of drug-likeness (QED) is 0.851. The Balaban J connectivity index is 1.64. The summed E-state index contributed by atoms with van der Waals surface area (Å²) in [4.78, 5) is 15.9. The second kappa shape index (κ2) is 6.52. The summed E-state index contributed by atoms with van der Waals surface area (Å²) in [6.07, 6.45) is 5.35. The standard InChI is InChI=1S/C16H21N3O2S/c1-3-14-13-6-8-22-15(13)5-7-19(14)16(20)11-21-12-9-17-18(4-2)10-12/h6,8-10,14H,3-5,7,11H2,1-2H3. The second-order valence-corrected chi connectivity index (χ2v) is 6.38. The van der Waals surface area contributed by atoms with Gasteiger partial charge in [0.05, 0.1) is 18.4 Å². The van der Waals surface area contributed by atoms with Crippen LogP contribution in [-0.4, -0.2) is 33.7 Å². The molecule has 0 aromatic carbocycles. The molecule has 1 amide bonds. The number of carbonyl (C=O) groups excluding carboxylic acids is 1. The minimum atomic E-state index is 0.0490. The van der Waals surface area contributed by atoms with Gasteiger partial charge in [-0.15, -0.1) is 11.3 Å². The van der Waals surface area contributed by atoms with Gasteiger partial charge in [-0.25, -0.2) is 0 Å². The molecule has 0 saturated heterocycles. The zero-order chi connectivity index (χ0) is 15.5. The average Bonchev–Trinajstić information content (AvgIpc) is 3.19. The first-order valence-electron chi connectivity index (χ1n) is 7.74. The number of thiophene rings is 1. The number of aryl methyl sites for hydroxylation is 1. The van der Waals surface area contributed by atoms with Crippen molar-refractivity contribution in [2.45, 2.75) is 39.3 Å². The van der Waals surface area contributed by atoms with Crippen molar-refractivity contribution in [3.8, 4) is 5.75 Å². The third kappa shape index (κ3) is 2.88. The Bertz CT molecular complexity index is 649. The lowest BCUT2D eigenvalue weighted by molar-refractivity contribution is -0.136. The van der Waals surface area contributed by atoms with Crippen LogP contribution in [-0.2, 0) is 17.8 Å². The van der Waals surface area contributed by atoms with E-state index in [1.165, 1.54) is 10.4 Å². The fraction of sp³-hybridized carbons (Fsp3) is 0.500. The Morgan fingerprint density at radius 3 is 3.09 bits per heavy atom. The summed E-state index contributed by atoms with van der Waals surface area (Å²) in [5.41, 5.74) is 1.31. The van der Waals surface area contributed by atoms with E-state index in [-0.39, 0.29) is 18.6 Å². The summed E-state index contributed by atoms with van der Waals surface area (Å²) in [5, 5.41) is 6.27. The van der Waals surface area contributed by atoms with Crippen LogP contribution < -0.4 is 4.74 Å². The summed E-state index contributed by atoms with van der Waals surface area (Å²) >= 11 is 1.79. The first kappa shape index (κ1) is 15.1. The smallest absolute Gasteiger partial charge is 0.261 e. The van der Waals surface area contributed by atoms with E-state index in [0.29, 0.717) is 5.75 Å². The van der Waals surface area contributed by atoms with E-state index in [2.05, 4.69) is 23.5 Å². The van der Waals surface area contributed by atoms with Gasteiger partial charge in [-0.2, -0.15) is 5.10 Å². The van der Waals surface area contributed by atoms with Crippen LogP contribution in [0.1, 0.15) is 36.8 Å². The van der Waals surface area contributed by atoms with Gasteiger partial charge in [0.2, 0.25) is 0 Å². The minimum Gasteiger partial charge on any atom is -0.480 e. The first-order chi connectivity index (χ1) is 10.7. The van der Waals surface area contributed by atoms with Crippen molar-refractivity contribution in [1.29, 1.82) is 0 Å². The Morgan fingerprint density at radius 1 is 1.50 bits per heavy atom. The molecule has 0 N–H and O–H groups in total. The number of ether oxygens (including phenoxy) is 1. The zero-order valence-corrected chi connectivity index (χ0v) is 13.8. The van der Waals surface area contributed by atoms with Crippen molar-refractivity contribution in [3.63, 3.8) is 0 Å². The highest BCUT2D eigenvalue weighted by Crippen LogP contribution is 2.35. The highest BCUT2D eigenvalue weighted by Gasteiger charge is 2.30. The van der Waals surface area contributed by atoms with Crippen LogP contribution in [0.3, 0.4) is 0 Å². The number of rotatable bonds is 5. The Kier molecular flexibility index (Phi) is 4.47. The molecule has 22 heavy (non-hydrogen) atoms. The lowest BCUT2D eigenvalue weighted by atomic mass is 9.98. The molecule has 0 fully saturated rings. The molecule has 0 radical (unpaired) electrons. The summed E-state index contributed by atoms with van der Waals surface area (Å²) in [7, 11) is 0. The number of fused-ring (bicyclic) bond motifs is 1. The zero-order valence-electron chi connectivity index (χ0n) is 13.0. The fourth-order valence-corrected chi connectivity index (χ4v) is 3.88. The summed E-state index contributed by atoms with van der Waals surface area (Å²) in [6, 6.07) is 2.34. The molecule has 5 nitrogen and oxygen atoms in total. The van der Waals surface area contributed by atoms with Crippen LogP contribution in [0.15, 0.2) is 23.8 Å². The van der Waals surface area contributed by atoms with Gasteiger partial charge >= 0.3 is 0 Å². The lowest BCUT2D eigenvalue weighted by Gasteiger charge is -2.35. The normalized spacial score (nSPS) is 17.4. The average molecular weight is 319 g/mol. The van der Waals surface area contributed by atoms with Gasteiger partial charge in [-0.1, -0.05) is 6.92 Å². The van der Waals surface area contributed by atoms with Crippen LogP contribution in [0.4, 0.5) is 0 Å². The summed E-state index contributed by atoms with van der Waals surface area (Å²) < 4.78 is 7.38. The number of aromatic nitrogens is 2. The number of hydrogen-bond acceptors (Lipinski definition) is 4. The molecule has 2 aromatic heterocycles. The molecule has 0 aliphatic carbocycles. The molecule has 1 aliphatic heterocycles. The number of nitrogens with zero attached hydrogens (tertiary/aromatic N) is 3. The van der Waals surface area contributed by atoms with E-state index in [1.54, 1.807) is 22.2 Å². The molecule has 1 aliphatic rings. The van der Waals surface area contributed by atoms with E-state index in [0.717, 1.165) is 25.9 Å². The van der Waals surface area contributed by atoms with Crippen molar-refractivity contribution in [3.05, 3.63) is 34.3 Å². The topological polar surface area (TPSA) is 47.4 Å². The molecule has 1 unspecified atom stereocenters. The van der Waals surface area contributed by atoms with Crippen LogP contribution in [0, 0.1) is 0 Å². The third-order valence-electron chi connectivity index (χ3n) is 4.10. The lowest BCUT2D eigenvalue weighted by Crippen LogP contribution is -2.41. The van der Waals surface area contributed by atoms with Gasteiger partial charge in [-0.05, 0) is 36.8 Å². The van der Waals surface area contributed by atoms with Gasteiger partial charge in [0.1, 0.15) is 0 Å². The van der Waals surface area contributed by atoms with Gasteiger partial charge in [-0.3, -0.25) is 9.48 Å². The maximum Gasteiger partial charge on any atom is 0.261 e. The Labute approximate surface area is 134 Å². The molecule has 3 rings (SSSR count). The van der Waals surface area contributed by atoms with Crippen LogP contribution in [0.2, 0.25) is 0 Å². The highest BCUT2D eigenvalue weighted by atomic mass is 32.1. The highest BCUT2D eigenvalue weighted by molar-refractivity contribution is 7.10. The number of carbonyl (C=O) groups is 1. The van der Waals surface area contributed by atoms with Gasteiger partial charge in [0.15, 0.2) is 12.4 Å². The maximum absolute atomic E-state index is 12.5. The summed E-state index contributed by atoms with van der Waals surface area (Å²) in [5.74, 6) is 0.699. The van der Waals surface area contributed by atoms with Crippen molar-refractivity contribution in [1.82, 2.24) is 14.7 Å². The first-order valence-corrected chi connectivity index (χ1v) is 8.61. The molecular weight excluding hydrogens is 298 g/mol. The van der Waals surface area contributed by atoms with E-state index >= 15 is 0 Å². The molecular formula is C16H21N3O2S. The predicted octanol–water partition coefficient (Wildman–Crippen LogP) is 2.88. The molecule has 0 saturated carbocycles. The molecule has 0 spiro atoms. The molecule has 6 heteroatoms. The minimum absolute atomic E-state index is 0.0490. The second-order valence-electron chi connectivity index (χ2n) is 5.38. The largest absolute Gasteiger partial charge is 0.480 e. The summed E-state index contributed by atoms with van der Waals surface area (Å²) in [6.45, 7) is 5.79. The number of amides is 1. The van der Waals surface area contributed by atoms with Crippen LogP contribution >= 0.6 is 11.3 Å². The molecule has 3 heterocycles. The van der Waals surface area contributed by atoms with E-state index in [4.69, 9.17) is 4.74 Å². The monoisotopic (exact) mass is 319 g/mol. The molecule has 2 aromatic rings. The van der Waals surface area contributed by atoms with Crippen molar-refractivity contribution >= 4 is 17.2 Å². The van der Waals surface area contributed by atoms with Crippen molar-refractivity contribution < 1.29 is 9.53 Å². The predicted molar refractivity (Wildman–Crippen MR) is 86.2 cm³/mol. The molecule has 1 atom stereocenters. The Morgan fingerprint density at radius 2 is 2.36 bits per heavy atom. The van der Waals surface area contributed by atoms with Gasteiger partial charge in [0.25, 0.3) is 5.91 Å². The fourth-order valence-electron chi connectivity index (χ4n) is 2.96. The van der Waals surface area contributed by atoms with E-state index in [9.17, 15) is 4.79 Å². The Hall–Kier alpha value is -1.82. The van der Waals surface area contributed by atoms with Gasteiger partial charge in [0, 0.05) is 18.0 Å². The third-order valence-corrected chi connectivity index (χ3v) is 5.09. The molecule has 118 valence electrons. The van der Waals surface area contributed by atoms with Crippen LogP contribution in [0.25, 0.3) is 0 Å². The van der Waals surface area contributed by atoms with Crippen LogP contribution in [0.5, 0.6) is 5.75 Å². The van der Waals surface area contributed by atoms with E-state index in [1.807, 2.05) is 18.0 Å². The van der Waals surface area contributed by atoms with E-state index < -0.39 is 0 Å². The van der Waals surface area contributed by atoms with Crippen molar-refractivity contribution in [2.24, 2.45) is 0 Å². The molecule has 0 bridgehead atoms. The van der Waals surface area contributed by atoms with Crippen molar-refractivity contribution in [2.75, 3.05) is 13.2 Å². The number of hydrogen-bond donors (Lipinski definition) is 0. The SMILES string of the molecule is CCC1c2ccsc2CCN1C(=O)COc1cnn(CC)c1. The maximum atomic E-state index is 12.5. The van der Waals surface area contributed by atoms with Gasteiger partial charge < -0.3 is 9.64 Å².